The molecule has 0 aromatic carbocycles. The third-order valence-corrected chi connectivity index (χ3v) is 3.39. The predicted molar refractivity (Wildman–Crippen MR) is 76.4 cm³/mol. The molecule has 1 atom stereocenters. The summed E-state index contributed by atoms with van der Waals surface area (Å²) in [5.74, 6) is 0.229. The quantitative estimate of drug-likeness (QED) is 0.871. The number of rotatable bonds is 3. The van der Waals surface area contributed by atoms with E-state index in [2.05, 4.69) is 20.2 Å². The van der Waals surface area contributed by atoms with Crippen molar-refractivity contribution in [1.29, 1.82) is 0 Å². The summed E-state index contributed by atoms with van der Waals surface area (Å²) in [6, 6.07) is 2.71. The van der Waals surface area contributed by atoms with Crippen molar-refractivity contribution >= 4 is 5.91 Å². The van der Waals surface area contributed by atoms with Crippen molar-refractivity contribution in [2.24, 2.45) is 0 Å². The normalized spacial score (nSPS) is 18.0. The Morgan fingerprint density at radius 2 is 2.27 bits per heavy atom. The molecule has 1 aliphatic heterocycles. The van der Waals surface area contributed by atoms with Gasteiger partial charge in [0.15, 0.2) is 0 Å². The van der Waals surface area contributed by atoms with Crippen LogP contribution < -0.4 is 10.3 Å². The smallest absolute Gasteiger partial charge is 0.274 e. The van der Waals surface area contributed by atoms with Gasteiger partial charge in [-0.1, -0.05) is 0 Å². The van der Waals surface area contributed by atoms with Crippen LogP contribution in [0.5, 0.6) is 5.88 Å². The lowest BCUT2D eigenvalue weighted by Crippen LogP contribution is -2.44. The first-order chi connectivity index (χ1) is 10.7. The summed E-state index contributed by atoms with van der Waals surface area (Å²) < 4.78 is 5.74. The third-order valence-electron chi connectivity index (χ3n) is 3.39. The van der Waals surface area contributed by atoms with E-state index in [9.17, 15) is 9.59 Å². The Kier molecular flexibility index (Phi) is 4.08. The lowest BCUT2D eigenvalue weighted by atomic mass is 10.1. The first-order valence-corrected chi connectivity index (χ1v) is 7.00. The number of nitrogens with zero attached hydrogens (tertiary/aromatic N) is 4. The molecule has 0 unspecified atom stereocenters. The summed E-state index contributed by atoms with van der Waals surface area (Å²) in [7, 11) is 0. The van der Waals surface area contributed by atoms with E-state index in [1.165, 1.54) is 12.1 Å². The molecule has 0 bridgehead atoms. The maximum atomic E-state index is 12.4. The van der Waals surface area contributed by atoms with Crippen molar-refractivity contribution in [1.82, 2.24) is 25.1 Å². The van der Waals surface area contributed by atoms with E-state index >= 15 is 0 Å². The minimum Gasteiger partial charge on any atom is -0.471 e. The van der Waals surface area contributed by atoms with Crippen LogP contribution in [-0.2, 0) is 0 Å². The lowest BCUT2D eigenvalue weighted by Gasteiger charge is -2.32. The Morgan fingerprint density at radius 1 is 1.36 bits per heavy atom. The number of aromatic nitrogens is 4. The van der Waals surface area contributed by atoms with Crippen molar-refractivity contribution in [3.63, 3.8) is 0 Å². The van der Waals surface area contributed by atoms with Gasteiger partial charge in [-0.15, -0.1) is 0 Å². The highest BCUT2D eigenvalue weighted by atomic mass is 16.5. The van der Waals surface area contributed by atoms with Gasteiger partial charge in [0.1, 0.15) is 11.8 Å². The molecule has 3 heterocycles. The molecule has 22 heavy (non-hydrogen) atoms. The number of ether oxygens (including phenoxy) is 1. The van der Waals surface area contributed by atoms with Crippen LogP contribution in [0.15, 0.2) is 35.5 Å². The molecule has 0 saturated carbocycles. The Morgan fingerprint density at radius 3 is 3.00 bits per heavy atom. The maximum absolute atomic E-state index is 12.4. The van der Waals surface area contributed by atoms with Gasteiger partial charge in [-0.05, 0) is 18.9 Å². The zero-order valence-electron chi connectivity index (χ0n) is 11.8. The molecule has 0 radical (unpaired) electrons. The second-order valence-corrected chi connectivity index (χ2v) is 4.98. The van der Waals surface area contributed by atoms with Gasteiger partial charge in [0, 0.05) is 25.0 Å². The number of piperidine rings is 1. The van der Waals surface area contributed by atoms with E-state index < -0.39 is 0 Å². The van der Waals surface area contributed by atoms with Crippen LogP contribution in [-0.4, -0.2) is 50.2 Å². The van der Waals surface area contributed by atoms with Crippen LogP contribution >= 0.6 is 0 Å². The van der Waals surface area contributed by atoms with E-state index in [0.29, 0.717) is 19.0 Å². The van der Waals surface area contributed by atoms with Crippen LogP contribution in [0.1, 0.15) is 23.3 Å². The maximum Gasteiger partial charge on any atom is 0.274 e. The van der Waals surface area contributed by atoms with E-state index in [1.807, 2.05) is 0 Å². The van der Waals surface area contributed by atoms with Crippen molar-refractivity contribution < 1.29 is 9.53 Å². The van der Waals surface area contributed by atoms with Crippen LogP contribution in [0.3, 0.4) is 0 Å². The summed E-state index contributed by atoms with van der Waals surface area (Å²) in [4.78, 5) is 33.1. The highest BCUT2D eigenvalue weighted by Gasteiger charge is 2.26. The van der Waals surface area contributed by atoms with Crippen LogP contribution in [0.25, 0.3) is 0 Å². The predicted octanol–water partition coefficient (Wildman–Crippen LogP) is 0.243. The largest absolute Gasteiger partial charge is 0.471 e. The van der Waals surface area contributed by atoms with Gasteiger partial charge in [-0.25, -0.2) is 10.1 Å². The van der Waals surface area contributed by atoms with Gasteiger partial charge in [-0.3, -0.25) is 14.6 Å². The molecule has 1 saturated heterocycles. The second-order valence-electron chi connectivity index (χ2n) is 4.98. The zero-order valence-corrected chi connectivity index (χ0v) is 11.8. The number of carbonyl (C=O) groups excluding carboxylic acids is 1. The van der Waals surface area contributed by atoms with Gasteiger partial charge >= 0.3 is 0 Å². The van der Waals surface area contributed by atoms with Gasteiger partial charge in [0.25, 0.3) is 11.5 Å². The van der Waals surface area contributed by atoms with Crippen molar-refractivity contribution in [2.75, 3.05) is 13.1 Å². The molecular formula is C14H15N5O3. The molecule has 3 rings (SSSR count). The number of hydrogen-bond donors (Lipinski definition) is 1. The Hall–Kier alpha value is -2.77. The van der Waals surface area contributed by atoms with E-state index in [-0.39, 0.29) is 23.3 Å². The highest BCUT2D eigenvalue weighted by molar-refractivity contribution is 5.92. The van der Waals surface area contributed by atoms with E-state index in [1.54, 1.807) is 23.5 Å². The fourth-order valence-electron chi connectivity index (χ4n) is 2.36. The molecule has 1 aliphatic rings. The molecule has 114 valence electrons. The fourth-order valence-corrected chi connectivity index (χ4v) is 2.36. The topological polar surface area (TPSA) is 101 Å². The average molecular weight is 301 g/mol. The number of amides is 1. The van der Waals surface area contributed by atoms with Gasteiger partial charge in [0.05, 0.1) is 12.7 Å². The SMILES string of the molecule is O=C(c1ccc(=O)[nH]n1)N1CCC[C@H](Oc2cnccn2)C1. The number of carbonyl (C=O) groups is 1. The molecule has 1 amide bonds. The third kappa shape index (κ3) is 3.27. The summed E-state index contributed by atoms with van der Waals surface area (Å²) >= 11 is 0. The molecule has 8 nitrogen and oxygen atoms in total. The molecule has 0 spiro atoms. The molecule has 8 heteroatoms. The molecule has 0 aliphatic carbocycles. The van der Waals surface area contributed by atoms with Crippen LogP contribution in [0.4, 0.5) is 0 Å². The Balaban J connectivity index is 1.66. The molecule has 2 aromatic heterocycles. The van der Waals surface area contributed by atoms with Gasteiger partial charge in [-0.2, -0.15) is 5.10 Å². The summed E-state index contributed by atoms with van der Waals surface area (Å²) in [5, 5.41) is 6.04. The number of likely N-dealkylation sites (tertiary alicyclic amines) is 1. The van der Waals surface area contributed by atoms with Crippen molar-refractivity contribution in [2.45, 2.75) is 18.9 Å². The van der Waals surface area contributed by atoms with Gasteiger partial charge in [0.2, 0.25) is 5.88 Å². The minimum absolute atomic E-state index is 0.128. The fraction of sp³-hybridized carbons (Fsp3) is 0.357. The minimum atomic E-state index is -0.334. The zero-order chi connectivity index (χ0) is 15.4. The summed E-state index contributed by atoms with van der Waals surface area (Å²) in [6.07, 6.45) is 6.23. The van der Waals surface area contributed by atoms with Crippen molar-refractivity contribution in [3.8, 4) is 5.88 Å². The average Bonchev–Trinajstić information content (AvgIpc) is 2.56. The Bertz CT molecular complexity index is 683. The van der Waals surface area contributed by atoms with Crippen molar-refractivity contribution in [3.05, 3.63) is 46.8 Å². The van der Waals surface area contributed by atoms with Crippen LogP contribution in [0, 0.1) is 0 Å². The van der Waals surface area contributed by atoms with E-state index in [4.69, 9.17) is 4.74 Å². The van der Waals surface area contributed by atoms with Crippen LogP contribution in [0.2, 0.25) is 0 Å². The first-order valence-electron chi connectivity index (χ1n) is 7.00. The molecule has 2 aromatic rings. The molecule has 1 N–H and O–H groups in total. The Labute approximate surface area is 126 Å². The number of hydrogen-bond acceptors (Lipinski definition) is 6. The number of aromatic amines is 1. The molecular weight excluding hydrogens is 286 g/mol. The second kappa shape index (κ2) is 6.33. The van der Waals surface area contributed by atoms with E-state index in [0.717, 1.165) is 12.8 Å². The molecule has 1 fully saturated rings. The standard InChI is InChI=1S/C14H15N5O3/c20-12-4-3-11(17-18-12)14(21)19-7-1-2-10(9-19)22-13-8-15-5-6-16-13/h3-6,8,10H,1-2,7,9H2,(H,18,20)/t10-/m0/s1. The summed E-state index contributed by atoms with van der Waals surface area (Å²) in [5.41, 5.74) is -0.112. The lowest BCUT2D eigenvalue weighted by molar-refractivity contribution is 0.0520. The summed E-state index contributed by atoms with van der Waals surface area (Å²) in [6.45, 7) is 1.09. The number of nitrogens with one attached hydrogen (secondary N) is 1. The first kappa shape index (κ1) is 14.2. The monoisotopic (exact) mass is 301 g/mol. The van der Waals surface area contributed by atoms with Gasteiger partial charge < -0.3 is 9.64 Å². The highest BCUT2D eigenvalue weighted by Crippen LogP contribution is 2.17. The number of H-pyrrole nitrogens is 1.